The van der Waals surface area contributed by atoms with Crippen LogP contribution in [-0.4, -0.2) is 25.1 Å². The Balaban J connectivity index is -0.000000125. The van der Waals surface area contributed by atoms with Crippen LogP contribution in [0.4, 0.5) is 0 Å². The Hall–Kier alpha value is -0.320. The summed E-state index contributed by atoms with van der Waals surface area (Å²) in [4.78, 5) is 9.83. The van der Waals surface area contributed by atoms with Crippen LogP contribution >= 0.6 is 12.4 Å². The van der Waals surface area contributed by atoms with Crippen molar-refractivity contribution in [2.45, 2.75) is 0 Å². The van der Waals surface area contributed by atoms with Crippen molar-refractivity contribution in [1.82, 2.24) is 0 Å². The van der Waals surface area contributed by atoms with Crippen molar-refractivity contribution in [1.29, 1.82) is 0 Å². The fourth-order valence-electron chi connectivity index (χ4n) is 0.0833. The number of carbonyl (C=O) groups excluding carboxylic acids is 1. The number of esters is 1. The molecule has 0 saturated heterocycles. The third-order valence-corrected chi connectivity index (χ3v) is 0.394. The van der Waals surface area contributed by atoms with Gasteiger partial charge < -0.3 is 15.9 Å². The zero-order valence-electron chi connectivity index (χ0n) is 4.51. The van der Waals surface area contributed by atoms with Crippen molar-refractivity contribution in [2.75, 3.05) is 13.7 Å². The Labute approximate surface area is 53.7 Å². The molecule has 0 aromatic carbocycles. The maximum atomic E-state index is 9.83. The Kier molecular flexibility index (Phi) is 19.2. The molecule has 0 aliphatic heterocycles. The van der Waals surface area contributed by atoms with E-state index < -0.39 is 0 Å². The molecule has 0 radical (unpaired) electrons. The van der Waals surface area contributed by atoms with Gasteiger partial charge in [-0.1, -0.05) is 0 Å². The highest BCUT2D eigenvalue weighted by molar-refractivity contribution is 5.85. The molecule has 52 valence electrons. The second-order valence-electron chi connectivity index (χ2n) is 0.780. The summed E-state index contributed by atoms with van der Waals surface area (Å²) >= 11 is 0. The highest BCUT2D eigenvalue weighted by Crippen LogP contribution is 1.61. The van der Waals surface area contributed by atoms with Crippen LogP contribution in [0, 0.1) is 0 Å². The Morgan fingerprint density at radius 2 is 2.12 bits per heavy atom. The summed E-state index contributed by atoms with van der Waals surface area (Å²) in [7, 11) is 1.30. The summed E-state index contributed by atoms with van der Waals surface area (Å²) in [6.45, 7) is -0.0312. The van der Waals surface area contributed by atoms with E-state index in [-0.39, 0.29) is 30.4 Å². The molecule has 0 aromatic heterocycles. The molecule has 0 spiro atoms. The standard InChI is InChI=1S/C3H7NO2.ClH.H2O/c1-6-3(5)2-4;;/h2,4H2,1H3;1H;1H2. The maximum absolute atomic E-state index is 9.83. The minimum Gasteiger partial charge on any atom is -0.468 e. The summed E-state index contributed by atoms with van der Waals surface area (Å²) in [5.74, 6) is -0.380. The van der Waals surface area contributed by atoms with Crippen LogP contribution in [-0.2, 0) is 9.53 Å². The van der Waals surface area contributed by atoms with Crippen LogP contribution in [0.3, 0.4) is 0 Å². The highest BCUT2D eigenvalue weighted by Gasteiger charge is 1.87. The van der Waals surface area contributed by atoms with Gasteiger partial charge in [0, 0.05) is 0 Å². The minimum atomic E-state index is -0.380. The molecular weight excluding hydrogens is 133 g/mol. The third kappa shape index (κ3) is 9.19. The monoisotopic (exact) mass is 143 g/mol. The maximum Gasteiger partial charge on any atom is 0.319 e. The summed E-state index contributed by atoms with van der Waals surface area (Å²) < 4.78 is 4.14. The van der Waals surface area contributed by atoms with Gasteiger partial charge in [0.2, 0.25) is 0 Å². The molecule has 4 nitrogen and oxygen atoms in total. The van der Waals surface area contributed by atoms with Crippen molar-refractivity contribution < 1.29 is 15.0 Å². The minimum absolute atomic E-state index is 0. The van der Waals surface area contributed by atoms with Crippen LogP contribution in [0.25, 0.3) is 0 Å². The molecule has 4 N–H and O–H groups in total. The molecule has 0 aliphatic carbocycles. The first kappa shape index (κ1) is 15.6. The van der Waals surface area contributed by atoms with Gasteiger partial charge in [-0.05, 0) is 0 Å². The van der Waals surface area contributed by atoms with Crippen molar-refractivity contribution in [3.8, 4) is 0 Å². The van der Waals surface area contributed by atoms with Gasteiger partial charge in [-0.3, -0.25) is 4.79 Å². The Bertz CT molecular complexity index is 52.5. The van der Waals surface area contributed by atoms with Gasteiger partial charge in [-0.2, -0.15) is 0 Å². The van der Waals surface area contributed by atoms with E-state index in [2.05, 4.69) is 4.74 Å². The lowest BCUT2D eigenvalue weighted by molar-refractivity contribution is -0.138. The largest absolute Gasteiger partial charge is 0.468 e. The average Bonchev–Trinajstić information content (AvgIpc) is 1.65. The first-order chi connectivity index (χ1) is 2.81. The number of nitrogens with two attached hydrogens (primary N) is 1. The van der Waals surface area contributed by atoms with Gasteiger partial charge >= 0.3 is 5.97 Å². The van der Waals surface area contributed by atoms with Crippen LogP contribution in [0.5, 0.6) is 0 Å². The number of hydrogen-bond acceptors (Lipinski definition) is 3. The third-order valence-electron chi connectivity index (χ3n) is 0.394. The second-order valence-corrected chi connectivity index (χ2v) is 0.780. The van der Waals surface area contributed by atoms with E-state index >= 15 is 0 Å². The fraction of sp³-hybridized carbons (Fsp3) is 0.667. The predicted octanol–water partition coefficient (Wildman–Crippen LogP) is -1.28. The molecule has 8 heavy (non-hydrogen) atoms. The van der Waals surface area contributed by atoms with E-state index in [1.165, 1.54) is 7.11 Å². The van der Waals surface area contributed by atoms with Gasteiger partial charge in [-0.15, -0.1) is 12.4 Å². The SMILES string of the molecule is COC(=O)CN.Cl.O. The van der Waals surface area contributed by atoms with Crippen molar-refractivity contribution >= 4 is 18.4 Å². The molecule has 0 saturated carbocycles. The quantitative estimate of drug-likeness (QED) is 0.464. The van der Waals surface area contributed by atoms with Gasteiger partial charge in [-0.25, -0.2) is 0 Å². The van der Waals surface area contributed by atoms with Crippen molar-refractivity contribution in [3.05, 3.63) is 0 Å². The number of ether oxygens (including phenoxy) is 1. The topological polar surface area (TPSA) is 83.8 Å². The average molecular weight is 144 g/mol. The number of methoxy groups -OCH3 is 1. The highest BCUT2D eigenvalue weighted by atomic mass is 35.5. The molecule has 0 amide bonds. The van der Waals surface area contributed by atoms with Gasteiger partial charge in [0.1, 0.15) is 0 Å². The van der Waals surface area contributed by atoms with Crippen LogP contribution in [0.2, 0.25) is 0 Å². The summed E-state index contributed by atoms with van der Waals surface area (Å²) in [6, 6.07) is 0. The number of halogens is 1. The van der Waals surface area contributed by atoms with E-state index in [9.17, 15) is 4.79 Å². The van der Waals surface area contributed by atoms with Gasteiger partial charge in [0.05, 0.1) is 13.7 Å². The number of rotatable bonds is 1. The molecule has 0 aromatic rings. The van der Waals surface area contributed by atoms with E-state index in [1.807, 2.05) is 0 Å². The van der Waals surface area contributed by atoms with E-state index in [1.54, 1.807) is 0 Å². The van der Waals surface area contributed by atoms with E-state index in [0.717, 1.165) is 0 Å². The first-order valence-corrected chi connectivity index (χ1v) is 1.58. The molecule has 5 heteroatoms. The zero-order chi connectivity index (χ0) is 4.99. The molecule has 0 unspecified atom stereocenters. The van der Waals surface area contributed by atoms with Crippen LogP contribution in [0.1, 0.15) is 0 Å². The first-order valence-electron chi connectivity index (χ1n) is 1.58. The lowest BCUT2D eigenvalue weighted by Crippen LogP contribution is -2.14. The number of hydrogen-bond donors (Lipinski definition) is 1. The van der Waals surface area contributed by atoms with Gasteiger partial charge in [0.15, 0.2) is 0 Å². The van der Waals surface area contributed by atoms with Crippen molar-refractivity contribution in [2.24, 2.45) is 5.73 Å². The van der Waals surface area contributed by atoms with E-state index in [4.69, 9.17) is 5.73 Å². The second kappa shape index (κ2) is 9.84. The molecule has 0 heterocycles. The molecule has 0 bridgehead atoms. The van der Waals surface area contributed by atoms with Gasteiger partial charge in [0.25, 0.3) is 0 Å². The normalized spacial score (nSPS) is 5.75. The summed E-state index contributed by atoms with van der Waals surface area (Å²) in [6.07, 6.45) is 0. The predicted molar refractivity (Wildman–Crippen MR) is 31.9 cm³/mol. The molecule has 0 atom stereocenters. The molecule has 0 aliphatic rings. The Morgan fingerprint density at radius 3 is 2.12 bits per heavy atom. The lowest BCUT2D eigenvalue weighted by atomic mass is 10.7. The number of carbonyl (C=O) groups is 1. The molecule has 0 fully saturated rings. The van der Waals surface area contributed by atoms with Crippen LogP contribution in [0.15, 0.2) is 0 Å². The zero-order valence-corrected chi connectivity index (χ0v) is 5.33. The lowest BCUT2D eigenvalue weighted by Gasteiger charge is -1.87. The molecule has 0 rings (SSSR count). The van der Waals surface area contributed by atoms with E-state index in [0.29, 0.717) is 0 Å². The van der Waals surface area contributed by atoms with Crippen LogP contribution < -0.4 is 5.73 Å². The molecular formula is C3H10ClNO3. The Morgan fingerprint density at radius 1 is 1.75 bits per heavy atom. The fourth-order valence-corrected chi connectivity index (χ4v) is 0.0833. The van der Waals surface area contributed by atoms with Crippen molar-refractivity contribution in [3.63, 3.8) is 0 Å². The summed E-state index contributed by atoms with van der Waals surface area (Å²) in [5.41, 5.74) is 4.81. The summed E-state index contributed by atoms with van der Waals surface area (Å²) in [5, 5.41) is 0. The smallest absolute Gasteiger partial charge is 0.319 e.